The highest BCUT2D eigenvalue weighted by atomic mass is 32.1. The van der Waals surface area contributed by atoms with Crippen LogP contribution in [0, 0.1) is 17.2 Å². The van der Waals surface area contributed by atoms with Crippen LogP contribution in [-0.4, -0.2) is 37.4 Å². The normalized spacial score (nSPS) is 15.5. The molecule has 0 unspecified atom stereocenters. The summed E-state index contributed by atoms with van der Waals surface area (Å²) in [5.41, 5.74) is 3.39. The minimum absolute atomic E-state index is 0.120. The van der Waals surface area contributed by atoms with E-state index in [1.807, 2.05) is 24.1 Å². The van der Waals surface area contributed by atoms with Gasteiger partial charge in [0.15, 0.2) is 0 Å². The van der Waals surface area contributed by atoms with Crippen molar-refractivity contribution < 1.29 is 9.59 Å². The van der Waals surface area contributed by atoms with Crippen LogP contribution in [0.1, 0.15) is 45.3 Å². The highest BCUT2D eigenvalue weighted by Gasteiger charge is 2.24. The largest absolute Gasteiger partial charge is 0.355 e. The first-order valence-corrected chi connectivity index (χ1v) is 10.6. The second kappa shape index (κ2) is 9.21. The number of likely N-dealkylation sites (N-methyl/N-ethyl adjacent to an activating group) is 1. The van der Waals surface area contributed by atoms with E-state index in [4.69, 9.17) is 0 Å². The molecule has 1 heterocycles. The van der Waals surface area contributed by atoms with Gasteiger partial charge in [-0.25, -0.2) is 0 Å². The van der Waals surface area contributed by atoms with Crippen LogP contribution in [0.3, 0.4) is 0 Å². The van der Waals surface area contributed by atoms with Crippen LogP contribution in [0.5, 0.6) is 0 Å². The second-order valence-corrected chi connectivity index (χ2v) is 8.77. The van der Waals surface area contributed by atoms with Crippen molar-refractivity contribution in [3.63, 3.8) is 0 Å². The summed E-state index contributed by atoms with van der Waals surface area (Å²) >= 11 is 1.55. The van der Waals surface area contributed by atoms with Gasteiger partial charge in [-0.2, -0.15) is 5.26 Å². The third-order valence-electron chi connectivity index (χ3n) is 5.19. The van der Waals surface area contributed by atoms with Gasteiger partial charge >= 0.3 is 0 Å². The molecule has 0 saturated heterocycles. The summed E-state index contributed by atoms with van der Waals surface area (Å²) in [4.78, 5) is 27.3. The topological polar surface area (TPSA) is 85.2 Å². The van der Waals surface area contributed by atoms with E-state index in [9.17, 15) is 14.9 Å². The van der Waals surface area contributed by atoms with Crippen LogP contribution < -0.4 is 10.6 Å². The SMILES string of the molecule is CNC(=O)c1ccc(CN(C)CC(=O)Nc2sc3c(c2C#N)CC[C@H](C)C3)cc1. The quantitative estimate of drug-likeness (QED) is 0.766. The Labute approximate surface area is 175 Å². The lowest BCUT2D eigenvalue weighted by Crippen LogP contribution is -2.29. The predicted molar refractivity (Wildman–Crippen MR) is 115 cm³/mol. The average molecular weight is 411 g/mol. The minimum Gasteiger partial charge on any atom is -0.355 e. The van der Waals surface area contributed by atoms with Gasteiger partial charge in [-0.05, 0) is 55.5 Å². The van der Waals surface area contributed by atoms with Gasteiger partial charge in [0.2, 0.25) is 5.91 Å². The maximum atomic E-state index is 12.5. The molecule has 1 aromatic carbocycles. The number of rotatable bonds is 6. The summed E-state index contributed by atoms with van der Waals surface area (Å²) < 4.78 is 0. The first kappa shape index (κ1) is 21.0. The maximum Gasteiger partial charge on any atom is 0.251 e. The molecule has 1 aliphatic carbocycles. The Balaban J connectivity index is 1.59. The van der Waals surface area contributed by atoms with Gasteiger partial charge in [0.1, 0.15) is 11.1 Å². The molecule has 1 atom stereocenters. The highest BCUT2D eigenvalue weighted by Crippen LogP contribution is 2.39. The number of carbonyl (C=O) groups excluding carboxylic acids is 2. The maximum absolute atomic E-state index is 12.5. The van der Waals surface area contributed by atoms with Crippen LogP contribution in [0.2, 0.25) is 0 Å². The molecule has 7 heteroatoms. The number of nitrogens with zero attached hydrogens (tertiary/aromatic N) is 2. The second-order valence-electron chi connectivity index (χ2n) is 7.66. The fourth-order valence-electron chi connectivity index (χ4n) is 3.64. The van der Waals surface area contributed by atoms with E-state index in [1.165, 1.54) is 4.88 Å². The van der Waals surface area contributed by atoms with Gasteiger partial charge in [0, 0.05) is 24.0 Å². The zero-order valence-corrected chi connectivity index (χ0v) is 17.9. The summed E-state index contributed by atoms with van der Waals surface area (Å²) in [7, 11) is 3.48. The highest BCUT2D eigenvalue weighted by molar-refractivity contribution is 7.16. The molecule has 1 aliphatic rings. The lowest BCUT2D eigenvalue weighted by atomic mass is 9.89. The van der Waals surface area contributed by atoms with E-state index < -0.39 is 0 Å². The Morgan fingerprint density at radius 1 is 1.31 bits per heavy atom. The Morgan fingerprint density at radius 3 is 2.69 bits per heavy atom. The van der Waals surface area contributed by atoms with E-state index in [-0.39, 0.29) is 18.4 Å². The van der Waals surface area contributed by atoms with E-state index in [0.29, 0.717) is 28.6 Å². The molecular formula is C22H26N4O2S. The van der Waals surface area contributed by atoms with Gasteiger partial charge in [0.05, 0.1) is 12.1 Å². The number of thiophene rings is 1. The molecule has 1 aromatic heterocycles. The first-order valence-electron chi connectivity index (χ1n) is 9.75. The lowest BCUT2D eigenvalue weighted by Gasteiger charge is -2.17. The molecular weight excluding hydrogens is 384 g/mol. The van der Waals surface area contributed by atoms with E-state index >= 15 is 0 Å². The van der Waals surface area contributed by atoms with Gasteiger partial charge in [0.25, 0.3) is 5.91 Å². The lowest BCUT2D eigenvalue weighted by molar-refractivity contribution is -0.117. The fourth-order valence-corrected chi connectivity index (χ4v) is 5.02. The third-order valence-corrected chi connectivity index (χ3v) is 6.36. The number of amides is 2. The molecule has 2 aromatic rings. The first-order chi connectivity index (χ1) is 13.9. The molecule has 0 fully saturated rings. The Hall–Kier alpha value is -2.69. The molecule has 152 valence electrons. The molecule has 2 N–H and O–H groups in total. The molecule has 6 nitrogen and oxygen atoms in total. The predicted octanol–water partition coefficient (Wildman–Crippen LogP) is 3.17. The van der Waals surface area contributed by atoms with Crippen LogP contribution in [0.4, 0.5) is 5.00 Å². The minimum atomic E-state index is -0.127. The van der Waals surface area contributed by atoms with Crippen molar-refractivity contribution in [2.45, 2.75) is 32.7 Å². The third kappa shape index (κ3) is 5.03. The molecule has 0 saturated carbocycles. The fraction of sp³-hybridized carbons (Fsp3) is 0.409. The van der Waals surface area contributed by atoms with Crippen molar-refractivity contribution in [3.05, 3.63) is 51.4 Å². The number of nitriles is 1. The number of hydrogen-bond donors (Lipinski definition) is 2. The van der Waals surface area contributed by atoms with Crippen molar-refractivity contribution in [2.24, 2.45) is 5.92 Å². The van der Waals surface area contributed by atoms with Gasteiger partial charge in [-0.15, -0.1) is 11.3 Å². The monoisotopic (exact) mass is 410 g/mol. The number of fused-ring (bicyclic) bond motifs is 1. The van der Waals surface area contributed by atoms with Gasteiger partial charge in [-0.3, -0.25) is 14.5 Å². The summed E-state index contributed by atoms with van der Waals surface area (Å²) in [6.45, 7) is 3.04. The molecule has 3 rings (SSSR count). The Kier molecular flexibility index (Phi) is 6.68. The summed E-state index contributed by atoms with van der Waals surface area (Å²) in [5.74, 6) is 0.375. The van der Waals surface area contributed by atoms with Crippen LogP contribution in [0.15, 0.2) is 24.3 Å². The number of nitrogens with one attached hydrogen (secondary N) is 2. The molecule has 29 heavy (non-hydrogen) atoms. The Bertz CT molecular complexity index is 943. The number of benzene rings is 1. The summed E-state index contributed by atoms with van der Waals surface area (Å²) in [6.07, 6.45) is 2.99. The van der Waals surface area contributed by atoms with Crippen molar-refractivity contribution in [2.75, 3.05) is 26.0 Å². The van der Waals surface area contributed by atoms with Crippen LogP contribution >= 0.6 is 11.3 Å². The smallest absolute Gasteiger partial charge is 0.251 e. The molecule has 0 spiro atoms. The van der Waals surface area contributed by atoms with E-state index in [1.54, 1.807) is 30.5 Å². The van der Waals surface area contributed by atoms with Crippen LogP contribution in [-0.2, 0) is 24.2 Å². The van der Waals surface area contributed by atoms with E-state index in [2.05, 4.69) is 23.6 Å². The Morgan fingerprint density at radius 2 is 2.03 bits per heavy atom. The summed E-state index contributed by atoms with van der Waals surface area (Å²) in [6, 6.07) is 9.62. The van der Waals surface area contributed by atoms with Crippen molar-refractivity contribution >= 4 is 28.2 Å². The number of anilines is 1. The van der Waals surface area contributed by atoms with E-state index in [0.717, 1.165) is 30.4 Å². The van der Waals surface area contributed by atoms with Crippen molar-refractivity contribution in [1.82, 2.24) is 10.2 Å². The van der Waals surface area contributed by atoms with Crippen molar-refractivity contribution in [1.29, 1.82) is 5.26 Å². The van der Waals surface area contributed by atoms with Crippen molar-refractivity contribution in [3.8, 4) is 6.07 Å². The standard InChI is InChI=1S/C22H26N4O2S/c1-14-4-9-17-18(11-23)22(29-19(17)10-14)25-20(27)13-26(3)12-15-5-7-16(8-6-15)21(28)24-2/h5-8,14H,4,9-10,12-13H2,1-3H3,(H,24,28)(H,25,27)/t14-/m0/s1. The molecule has 0 bridgehead atoms. The molecule has 0 aliphatic heterocycles. The number of hydrogen-bond acceptors (Lipinski definition) is 5. The zero-order valence-electron chi connectivity index (χ0n) is 17.0. The van der Waals surface area contributed by atoms with Gasteiger partial charge in [-0.1, -0.05) is 19.1 Å². The number of carbonyl (C=O) groups is 2. The summed E-state index contributed by atoms with van der Waals surface area (Å²) in [5, 5.41) is 15.8. The average Bonchev–Trinajstić information content (AvgIpc) is 3.03. The molecule has 2 amide bonds. The zero-order chi connectivity index (χ0) is 21.0. The van der Waals surface area contributed by atoms with Crippen LogP contribution in [0.25, 0.3) is 0 Å². The molecule has 0 radical (unpaired) electrons. The van der Waals surface area contributed by atoms with Gasteiger partial charge < -0.3 is 10.6 Å².